The highest BCUT2D eigenvalue weighted by molar-refractivity contribution is 6.13. The van der Waals surface area contributed by atoms with Gasteiger partial charge in [0.2, 0.25) is 0 Å². The first-order valence-electron chi connectivity index (χ1n) is 7.90. The van der Waals surface area contributed by atoms with Gasteiger partial charge in [0.15, 0.2) is 0 Å². The van der Waals surface area contributed by atoms with Gasteiger partial charge < -0.3 is 19.3 Å². The molecule has 130 valence electrons. The van der Waals surface area contributed by atoms with Crippen LogP contribution in [-0.4, -0.2) is 23.7 Å². The molecule has 2 N–H and O–H groups in total. The number of carbonyl (C=O) groups excluding carboxylic acids is 1. The van der Waals surface area contributed by atoms with Crippen LogP contribution in [-0.2, 0) is 22.0 Å². The van der Waals surface area contributed by atoms with Crippen molar-refractivity contribution in [3.63, 3.8) is 0 Å². The Hall–Kier alpha value is -2.50. The number of carbonyl (C=O) groups is 1. The third-order valence-electron chi connectivity index (χ3n) is 4.18. The highest BCUT2D eigenvalue weighted by Gasteiger charge is 2.18. The van der Waals surface area contributed by atoms with Gasteiger partial charge in [-0.3, -0.25) is 0 Å². The monoisotopic (exact) mass is 358 g/mol. The van der Waals surface area contributed by atoms with Crippen molar-refractivity contribution in [3.05, 3.63) is 65.9 Å². The third kappa shape index (κ3) is 3.78. The summed E-state index contributed by atoms with van der Waals surface area (Å²) in [5, 5.41) is 1.06. The fraction of sp³-hybridized carbons (Fsp3) is 0.211. The highest BCUT2D eigenvalue weighted by Crippen LogP contribution is 2.24. The molecule has 3 rings (SSSR count). The maximum Gasteiger partial charge on any atom is 0.341 e. The second kappa shape index (κ2) is 7.59. The molecule has 1 aromatic heterocycles. The second-order valence-electron chi connectivity index (χ2n) is 5.86. The molecule has 0 aliphatic rings. The number of methoxy groups -OCH3 is 1. The predicted molar refractivity (Wildman–Crippen MR) is 97.7 cm³/mol. The van der Waals surface area contributed by atoms with Gasteiger partial charge >= 0.3 is 5.97 Å². The van der Waals surface area contributed by atoms with E-state index < -0.39 is 12.0 Å². The number of halogens is 1. The summed E-state index contributed by atoms with van der Waals surface area (Å²) in [4.78, 5) is 11.5. The molecule has 2 aromatic carbocycles. The summed E-state index contributed by atoms with van der Waals surface area (Å²) in [6.45, 7) is 0.687. The van der Waals surface area contributed by atoms with E-state index in [0.29, 0.717) is 13.0 Å². The molecule has 1 heterocycles. The molecule has 25 heavy (non-hydrogen) atoms. The minimum absolute atomic E-state index is 0.358. The average molecular weight is 359 g/mol. The minimum atomic E-state index is -0.798. The van der Waals surface area contributed by atoms with Gasteiger partial charge in [-0.25, -0.2) is 4.79 Å². The van der Waals surface area contributed by atoms with Crippen molar-refractivity contribution in [2.24, 2.45) is 5.73 Å². The summed E-state index contributed by atoms with van der Waals surface area (Å²) in [5.41, 5.74) is 9.04. The van der Waals surface area contributed by atoms with Crippen molar-refractivity contribution in [3.8, 4) is 5.75 Å². The molecule has 0 aliphatic heterocycles. The highest BCUT2D eigenvalue weighted by atomic mass is 35.5. The van der Waals surface area contributed by atoms with Gasteiger partial charge in [0.1, 0.15) is 23.7 Å². The predicted octanol–water partition coefficient (Wildman–Crippen LogP) is 3.27. The quantitative estimate of drug-likeness (QED) is 0.734. The van der Waals surface area contributed by atoms with Crippen molar-refractivity contribution >= 4 is 28.7 Å². The molecule has 0 saturated carbocycles. The van der Waals surface area contributed by atoms with Crippen LogP contribution in [0.2, 0.25) is 0 Å². The molecule has 3 aromatic rings. The van der Waals surface area contributed by atoms with Crippen molar-refractivity contribution in [2.45, 2.75) is 19.0 Å². The summed E-state index contributed by atoms with van der Waals surface area (Å²) in [7, 11) is 1.65. The summed E-state index contributed by atoms with van der Waals surface area (Å²) in [5.74, 6) is 0.187. The summed E-state index contributed by atoms with van der Waals surface area (Å²) < 4.78 is 11.6. The van der Waals surface area contributed by atoms with Crippen molar-refractivity contribution in [2.75, 3.05) is 7.11 Å². The van der Waals surface area contributed by atoms with E-state index in [1.807, 2.05) is 54.7 Å². The first-order valence-corrected chi connectivity index (χ1v) is 8.21. The van der Waals surface area contributed by atoms with Crippen molar-refractivity contribution < 1.29 is 13.8 Å². The number of benzene rings is 2. The lowest BCUT2D eigenvalue weighted by atomic mass is 10.1. The molecular weight excluding hydrogens is 340 g/mol. The Morgan fingerprint density at radius 1 is 1.24 bits per heavy atom. The van der Waals surface area contributed by atoms with E-state index in [-0.39, 0.29) is 0 Å². The van der Waals surface area contributed by atoms with Crippen LogP contribution in [0.4, 0.5) is 0 Å². The fourth-order valence-electron chi connectivity index (χ4n) is 2.96. The lowest BCUT2D eigenvalue weighted by Gasteiger charge is -2.07. The van der Waals surface area contributed by atoms with Crippen molar-refractivity contribution in [1.82, 2.24) is 4.57 Å². The van der Waals surface area contributed by atoms with Gasteiger partial charge in [-0.1, -0.05) is 30.3 Å². The molecule has 0 aliphatic carbocycles. The van der Waals surface area contributed by atoms with Crippen LogP contribution in [0.15, 0.2) is 54.7 Å². The van der Waals surface area contributed by atoms with E-state index in [2.05, 4.69) is 8.86 Å². The maximum absolute atomic E-state index is 11.5. The number of hydrogen-bond acceptors (Lipinski definition) is 4. The molecule has 0 bridgehead atoms. The third-order valence-corrected chi connectivity index (χ3v) is 4.33. The number of aromatic nitrogens is 1. The van der Waals surface area contributed by atoms with Crippen LogP contribution in [0.25, 0.3) is 10.9 Å². The largest absolute Gasteiger partial charge is 0.497 e. The molecule has 0 fully saturated rings. The number of fused-ring (bicyclic) bond motifs is 1. The summed E-state index contributed by atoms with van der Waals surface area (Å²) in [6.07, 6.45) is 2.38. The summed E-state index contributed by atoms with van der Waals surface area (Å²) in [6, 6.07) is 15.2. The van der Waals surface area contributed by atoms with Crippen LogP contribution in [0.5, 0.6) is 5.75 Å². The van der Waals surface area contributed by atoms with Crippen LogP contribution < -0.4 is 10.5 Å². The zero-order chi connectivity index (χ0) is 17.8. The van der Waals surface area contributed by atoms with Crippen LogP contribution in [0, 0.1) is 0 Å². The van der Waals surface area contributed by atoms with E-state index >= 15 is 0 Å². The van der Waals surface area contributed by atoms with E-state index in [0.717, 1.165) is 27.8 Å². The Kier molecular flexibility index (Phi) is 5.26. The first-order chi connectivity index (χ1) is 12.1. The molecule has 0 radical (unpaired) electrons. The second-order valence-corrected chi connectivity index (χ2v) is 6.01. The zero-order valence-corrected chi connectivity index (χ0v) is 14.6. The molecule has 0 amide bonds. The van der Waals surface area contributed by atoms with Crippen LogP contribution >= 0.6 is 11.9 Å². The number of para-hydroxylation sites is 1. The van der Waals surface area contributed by atoms with Gasteiger partial charge in [-0.05, 0) is 29.3 Å². The van der Waals surface area contributed by atoms with Crippen LogP contribution in [0.1, 0.15) is 11.1 Å². The van der Waals surface area contributed by atoms with E-state index in [1.165, 1.54) is 0 Å². The van der Waals surface area contributed by atoms with Gasteiger partial charge in [0.05, 0.1) is 7.11 Å². The Morgan fingerprint density at radius 3 is 2.80 bits per heavy atom. The molecule has 1 atom stereocenters. The fourth-order valence-corrected chi connectivity index (χ4v) is 3.08. The molecule has 0 spiro atoms. The van der Waals surface area contributed by atoms with E-state index in [9.17, 15) is 4.79 Å². The van der Waals surface area contributed by atoms with E-state index in [1.54, 1.807) is 7.11 Å². The normalized spacial score (nSPS) is 12.1. The van der Waals surface area contributed by atoms with E-state index in [4.69, 9.17) is 22.3 Å². The molecule has 6 heteroatoms. The number of ether oxygens (including phenoxy) is 1. The first kappa shape index (κ1) is 17.3. The molecule has 0 saturated heterocycles. The maximum atomic E-state index is 11.5. The Bertz CT molecular complexity index is 891. The Balaban J connectivity index is 1.94. The molecule has 0 unspecified atom stereocenters. The number of hydrogen-bond donors (Lipinski definition) is 1. The lowest BCUT2D eigenvalue weighted by molar-refractivity contribution is -0.135. The zero-order valence-electron chi connectivity index (χ0n) is 13.8. The topological polar surface area (TPSA) is 66.5 Å². The lowest BCUT2D eigenvalue weighted by Crippen LogP contribution is -2.32. The Labute approximate surface area is 151 Å². The SMILES string of the molecule is COc1cccc(Cn2cc(C[C@H](N)C(=O)OCl)c3ccccc32)c1. The minimum Gasteiger partial charge on any atom is -0.497 e. The Morgan fingerprint density at radius 2 is 2.04 bits per heavy atom. The van der Waals surface area contributed by atoms with Gasteiger partial charge in [-0.15, -0.1) is 0 Å². The van der Waals surface area contributed by atoms with Gasteiger partial charge in [-0.2, -0.15) is 0 Å². The number of nitrogens with zero attached hydrogens (tertiary/aromatic N) is 1. The molecule has 5 nitrogen and oxygen atoms in total. The smallest absolute Gasteiger partial charge is 0.341 e. The summed E-state index contributed by atoms with van der Waals surface area (Å²) >= 11 is 5.13. The standard InChI is InChI=1S/C19H19ClN2O3/c1-24-15-6-4-5-13(9-15)11-22-12-14(10-17(21)19(23)25-20)16-7-2-3-8-18(16)22/h2-9,12,17H,10-11,21H2,1H3/t17-/m0/s1. The van der Waals surface area contributed by atoms with Gasteiger partial charge in [0.25, 0.3) is 0 Å². The van der Waals surface area contributed by atoms with Crippen LogP contribution in [0.3, 0.4) is 0 Å². The number of nitrogens with two attached hydrogens (primary N) is 1. The number of rotatable bonds is 6. The van der Waals surface area contributed by atoms with Crippen molar-refractivity contribution in [1.29, 1.82) is 0 Å². The van der Waals surface area contributed by atoms with Gasteiger partial charge in [0, 0.05) is 30.1 Å². The average Bonchev–Trinajstić information content (AvgIpc) is 2.98. The molecular formula is C19H19ClN2O3.